The van der Waals surface area contributed by atoms with E-state index in [2.05, 4.69) is 56.9 Å². The number of anilines is 4. The van der Waals surface area contributed by atoms with Gasteiger partial charge in [-0.05, 0) is 132 Å². The van der Waals surface area contributed by atoms with Gasteiger partial charge in [-0.25, -0.2) is 13.1 Å². The molecule has 2 saturated carbocycles. The number of hydrogen-bond acceptors (Lipinski definition) is 15. The standard InChI is InChI=1S/C53H64N8O10S/c1-33(2)70-47-7-5-4-6-39(47)45-30-68-23-22-59(45)37-27-53(28-37)17-20-58(21-18-53)36-8-10-40(42(25-36)60-44-24-35-14-19-54-49(35)56-51(44)71-48-32-69-31-46(48)60)50(62)57-72(66,67)38-9-11-41(43(26-38)61(64)65)55-29-34-12-15-52(3,63)16-13-34/h4-11,14,19,24-26,33-34,37,45-46,48,55,63H,12-13,15-18,20-23,27-32H2,1-3H3,(H,54,56)(H,57,62)/t34-,45-,46-,48-,52-/m1/s1. The molecule has 5 aromatic rings. The van der Waals surface area contributed by atoms with E-state index in [1.807, 2.05) is 42.2 Å². The van der Waals surface area contributed by atoms with Crippen LogP contribution >= 0.6 is 0 Å². The molecule has 4 N–H and O–H groups in total. The van der Waals surface area contributed by atoms with Crippen molar-refractivity contribution in [2.75, 3.05) is 67.7 Å². The van der Waals surface area contributed by atoms with Crippen molar-refractivity contribution in [1.29, 1.82) is 0 Å². The van der Waals surface area contributed by atoms with Crippen molar-refractivity contribution in [3.05, 3.63) is 100 Å². The molecule has 382 valence electrons. The van der Waals surface area contributed by atoms with Gasteiger partial charge in [0.15, 0.2) is 0 Å². The molecule has 1 amide bonds. The zero-order valence-electron chi connectivity index (χ0n) is 41.0. The van der Waals surface area contributed by atoms with Crippen molar-refractivity contribution in [2.45, 2.75) is 113 Å². The van der Waals surface area contributed by atoms with Crippen LogP contribution in [-0.2, 0) is 19.5 Å². The summed E-state index contributed by atoms with van der Waals surface area (Å²) in [4.78, 5) is 40.9. The highest BCUT2D eigenvalue weighted by Crippen LogP contribution is 2.54. The van der Waals surface area contributed by atoms with Gasteiger partial charge in [0.05, 0.1) is 71.3 Å². The third kappa shape index (κ3) is 9.45. The average Bonchev–Trinajstić information content (AvgIpc) is 4.03. The van der Waals surface area contributed by atoms with Crippen molar-refractivity contribution >= 4 is 55.4 Å². The van der Waals surface area contributed by atoms with Crippen molar-refractivity contribution < 1.29 is 42.2 Å². The van der Waals surface area contributed by atoms with Crippen LogP contribution in [-0.4, -0.2) is 122 Å². The lowest BCUT2D eigenvalue weighted by molar-refractivity contribution is -0.384. The van der Waals surface area contributed by atoms with Gasteiger partial charge >= 0.3 is 0 Å². The summed E-state index contributed by atoms with van der Waals surface area (Å²) in [5.74, 6) is 0.568. The molecule has 3 saturated heterocycles. The van der Waals surface area contributed by atoms with Crippen LogP contribution in [0.2, 0.25) is 0 Å². The predicted octanol–water partition coefficient (Wildman–Crippen LogP) is 7.85. The second-order valence-electron chi connectivity index (χ2n) is 21.3. The molecule has 0 unspecified atom stereocenters. The van der Waals surface area contributed by atoms with Crippen LogP contribution in [0.1, 0.15) is 94.1 Å². The molecule has 6 heterocycles. The lowest BCUT2D eigenvalue weighted by Crippen LogP contribution is -2.57. The molecule has 5 fully saturated rings. The molecule has 1 spiro atoms. The molecule has 4 aliphatic heterocycles. The van der Waals surface area contributed by atoms with Gasteiger partial charge in [0.1, 0.15) is 28.9 Å². The molecule has 11 rings (SSSR count). The summed E-state index contributed by atoms with van der Waals surface area (Å²) in [6, 6.07) is 21.5. The Hall–Kier alpha value is -5.99. The number of nitro groups is 1. The number of piperidine rings is 1. The summed E-state index contributed by atoms with van der Waals surface area (Å²) in [6.45, 7) is 10.8. The van der Waals surface area contributed by atoms with E-state index in [9.17, 15) is 28.4 Å². The van der Waals surface area contributed by atoms with Crippen LogP contribution in [0.4, 0.5) is 28.4 Å². The van der Waals surface area contributed by atoms with E-state index >= 15 is 0 Å². The number of aromatic nitrogens is 2. The van der Waals surface area contributed by atoms with Gasteiger partial charge in [0.2, 0.25) is 5.88 Å². The number of nitrogens with zero attached hydrogens (tertiary/aromatic N) is 5. The van der Waals surface area contributed by atoms with Gasteiger partial charge in [-0.2, -0.15) is 4.98 Å². The summed E-state index contributed by atoms with van der Waals surface area (Å²) in [6.07, 6.45) is 8.42. The minimum absolute atomic E-state index is 0.0662. The number of amides is 1. The number of sulfonamides is 1. The van der Waals surface area contributed by atoms with E-state index in [-0.39, 0.29) is 47.4 Å². The monoisotopic (exact) mass is 1000 g/mol. The highest BCUT2D eigenvalue weighted by molar-refractivity contribution is 7.90. The lowest BCUT2D eigenvalue weighted by atomic mass is 9.59. The minimum Gasteiger partial charge on any atom is -0.491 e. The second-order valence-corrected chi connectivity index (χ2v) is 23.0. The first-order valence-electron chi connectivity index (χ1n) is 25.4. The average molecular weight is 1010 g/mol. The molecule has 2 aromatic heterocycles. The molecule has 0 bridgehead atoms. The molecular weight excluding hydrogens is 941 g/mol. The number of nitro benzene ring substituents is 1. The van der Waals surface area contributed by atoms with Gasteiger partial charge < -0.3 is 44.2 Å². The number of ether oxygens (including phenoxy) is 4. The smallest absolute Gasteiger partial charge is 0.293 e. The summed E-state index contributed by atoms with van der Waals surface area (Å²) in [7, 11) is -4.63. The molecule has 6 aliphatic rings. The highest BCUT2D eigenvalue weighted by Gasteiger charge is 2.50. The first-order valence-corrected chi connectivity index (χ1v) is 26.9. The number of fused-ring (bicyclic) bond motifs is 3. The predicted molar refractivity (Wildman–Crippen MR) is 272 cm³/mol. The number of hydrogen-bond donors (Lipinski definition) is 4. The topological polar surface area (TPSA) is 214 Å². The fourth-order valence-electron chi connectivity index (χ4n) is 12.1. The quantitative estimate of drug-likeness (QED) is 0.0653. The molecule has 3 aromatic carbocycles. The van der Waals surface area contributed by atoms with E-state index in [1.54, 1.807) is 12.3 Å². The van der Waals surface area contributed by atoms with Crippen LogP contribution < -0.4 is 29.3 Å². The number of benzene rings is 3. The van der Waals surface area contributed by atoms with Gasteiger partial charge in [0.25, 0.3) is 21.6 Å². The summed E-state index contributed by atoms with van der Waals surface area (Å²) >= 11 is 0. The number of para-hydroxylation sites is 1. The minimum atomic E-state index is -4.63. The molecule has 2 aliphatic carbocycles. The van der Waals surface area contributed by atoms with Crippen molar-refractivity contribution in [3.8, 4) is 11.6 Å². The Labute approximate surface area is 419 Å². The zero-order valence-corrected chi connectivity index (χ0v) is 41.9. The summed E-state index contributed by atoms with van der Waals surface area (Å²) < 4.78 is 55.3. The summed E-state index contributed by atoms with van der Waals surface area (Å²) in [5.41, 5.74) is 3.09. The third-order valence-electron chi connectivity index (χ3n) is 16.1. The number of H-pyrrole nitrogens is 1. The van der Waals surface area contributed by atoms with Crippen molar-refractivity contribution in [2.24, 2.45) is 11.3 Å². The Morgan fingerprint density at radius 3 is 2.54 bits per heavy atom. The molecular formula is C53H64N8O10S. The van der Waals surface area contributed by atoms with Crippen LogP contribution in [0.3, 0.4) is 0 Å². The van der Waals surface area contributed by atoms with E-state index < -0.39 is 43.1 Å². The van der Waals surface area contributed by atoms with Crippen LogP contribution in [0.25, 0.3) is 11.0 Å². The van der Waals surface area contributed by atoms with Crippen molar-refractivity contribution in [3.63, 3.8) is 0 Å². The molecule has 18 nitrogen and oxygen atoms in total. The fraction of sp³-hybridized carbons (Fsp3) is 0.509. The largest absolute Gasteiger partial charge is 0.491 e. The van der Waals surface area contributed by atoms with Gasteiger partial charge in [0, 0.05) is 61.1 Å². The summed E-state index contributed by atoms with van der Waals surface area (Å²) in [5, 5.41) is 26.7. The van der Waals surface area contributed by atoms with E-state index in [1.165, 1.54) is 17.7 Å². The maximum absolute atomic E-state index is 14.6. The van der Waals surface area contributed by atoms with Gasteiger partial charge in [-0.1, -0.05) is 18.2 Å². The lowest BCUT2D eigenvalue weighted by Gasteiger charge is -2.57. The van der Waals surface area contributed by atoms with Crippen LogP contribution in [0, 0.1) is 21.4 Å². The Balaban J connectivity index is 0.852. The van der Waals surface area contributed by atoms with E-state index in [0.29, 0.717) is 68.2 Å². The Bertz CT molecular complexity index is 2960. The van der Waals surface area contributed by atoms with Crippen molar-refractivity contribution in [1.82, 2.24) is 19.6 Å². The first kappa shape index (κ1) is 48.3. The number of pyridine rings is 1. The Morgan fingerprint density at radius 2 is 1.76 bits per heavy atom. The number of carbonyl (C=O) groups is 1. The fourth-order valence-corrected chi connectivity index (χ4v) is 13.0. The zero-order chi connectivity index (χ0) is 49.9. The third-order valence-corrected chi connectivity index (χ3v) is 17.4. The second kappa shape index (κ2) is 19.1. The number of nitrogens with one attached hydrogen (secondary N) is 3. The normalized spacial score (nSPS) is 25.4. The first-order chi connectivity index (χ1) is 34.6. The number of rotatable bonds is 13. The number of carbonyl (C=O) groups excluding carboxylic acids is 1. The molecule has 19 heteroatoms. The number of morpholine rings is 1. The molecule has 0 radical (unpaired) electrons. The maximum Gasteiger partial charge on any atom is 0.293 e. The van der Waals surface area contributed by atoms with Crippen LogP contribution in [0.5, 0.6) is 11.6 Å². The number of aromatic amines is 1. The maximum atomic E-state index is 14.6. The highest BCUT2D eigenvalue weighted by atomic mass is 32.2. The Kier molecular flexibility index (Phi) is 12.8. The Morgan fingerprint density at radius 1 is 0.972 bits per heavy atom. The number of aliphatic hydroxyl groups is 1. The molecule has 3 atom stereocenters. The van der Waals surface area contributed by atoms with Gasteiger partial charge in [-0.3, -0.25) is 19.8 Å². The van der Waals surface area contributed by atoms with E-state index in [0.717, 1.165) is 81.0 Å². The SMILES string of the molecule is CC(C)Oc1ccccc1[C@H]1COCCN1C1CC2(CCN(c3ccc(C(=O)NS(=O)(=O)c4ccc(NC[C@H]5CC[C@](C)(O)CC5)c([N+](=O)[O-])c4)c(N4c5cc6cc[nH]c6nc5O[C@@H]5COC[C@H]54)c3)CC2)C1. The molecule has 72 heavy (non-hydrogen) atoms. The van der Waals surface area contributed by atoms with E-state index in [4.69, 9.17) is 23.9 Å². The van der Waals surface area contributed by atoms with Crippen LogP contribution in [0.15, 0.2) is 83.9 Å². The van der Waals surface area contributed by atoms with Gasteiger partial charge in [-0.15, -0.1) is 0 Å².